The van der Waals surface area contributed by atoms with Gasteiger partial charge in [-0.05, 0) is 18.4 Å². The van der Waals surface area contributed by atoms with E-state index in [1.165, 1.54) is 0 Å². The number of carbonyl (C=O) groups excluding carboxylic acids is 1. The van der Waals surface area contributed by atoms with Gasteiger partial charge in [-0.3, -0.25) is 4.79 Å². The summed E-state index contributed by atoms with van der Waals surface area (Å²) in [5, 5.41) is 12.1. The Bertz CT molecular complexity index is 663. The van der Waals surface area contributed by atoms with Gasteiger partial charge in [-0.2, -0.15) is 0 Å². The van der Waals surface area contributed by atoms with Gasteiger partial charge in [0, 0.05) is 32.2 Å². The minimum atomic E-state index is -0.854. The zero-order chi connectivity index (χ0) is 18.0. The molecular weight excluding hydrogens is 324 g/mol. The van der Waals surface area contributed by atoms with Gasteiger partial charge in [-0.15, -0.1) is 0 Å². The van der Waals surface area contributed by atoms with Gasteiger partial charge in [0.25, 0.3) is 0 Å². The van der Waals surface area contributed by atoms with E-state index < -0.39 is 11.9 Å². The van der Waals surface area contributed by atoms with Crippen LogP contribution in [0.1, 0.15) is 31.4 Å². The molecule has 1 aromatic carbocycles. The smallest absolute Gasteiger partial charge is 0.321 e. The highest BCUT2D eigenvalue weighted by molar-refractivity contribution is 5.91. The second kappa shape index (κ2) is 7.31. The summed E-state index contributed by atoms with van der Waals surface area (Å²) in [6.07, 6.45) is 1.32. The Morgan fingerprint density at radius 3 is 2.88 bits per heavy atom. The summed E-state index contributed by atoms with van der Waals surface area (Å²) in [7, 11) is 1.66. The number of amides is 2. The van der Waals surface area contributed by atoms with Crippen LogP contribution in [0.3, 0.4) is 0 Å². The lowest BCUT2D eigenvalue weighted by Crippen LogP contribution is -2.47. The summed E-state index contributed by atoms with van der Waals surface area (Å²) in [5.41, 5.74) is 1.51. The molecule has 25 heavy (non-hydrogen) atoms. The van der Waals surface area contributed by atoms with Crippen molar-refractivity contribution in [2.45, 2.75) is 25.9 Å². The minimum Gasteiger partial charge on any atom is -0.491 e. The molecule has 3 rings (SSSR count). The van der Waals surface area contributed by atoms with Crippen molar-refractivity contribution in [2.24, 2.45) is 11.8 Å². The van der Waals surface area contributed by atoms with Crippen molar-refractivity contribution in [2.75, 3.05) is 32.1 Å². The number of para-hydroxylation sites is 1. The number of aliphatic carboxylic acids is 1. The number of nitrogens with one attached hydrogen (secondary N) is 1. The highest BCUT2D eigenvalue weighted by atomic mass is 16.5. The Hall–Kier alpha value is -2.28. The maximum absolute atomic E-state index is 12.7. The van der Waals surface area contributed by atoms with E-state index in [2.05, 4.69) is 5.32 Å². The molecule has 2 amide bonds. The molecule has 7 heteroatoms. The molecule has 3 atom stereocenters. The molecule has 0 radical (unpaired) electrons. The number of likely N-dealkylation sites (tertiary alicyclic amines) is 1. The van der Waals surface area contributed by atoms with E-state index in [-0.39, 0.29) is 24.6 Å². The van der Waals surface area contributed by atoms with Crippen molar-refractivity contribution in [3.05, 3.63) is 23.8 Å². The average Bonchev–Trinajstić information content (AvgIpc) is 2.60. The maximum Gasteiger partial charge on any atom is 0.321 e. The number of fused-ring (bicyclic) bond motifs is 1. The number of rotatable bonds is 3. The van der Waals surface area contributed by atoms with Crippen molar-refractivity contribution in [1.29, 1.82) is 0 Å². The number of carboxylic acid groups (broad SMARTS) is 1. The molecule has 0 spiro atoms. The molecule has 136 valence electrons. The summed E-state index contributed by atoms with van der Waals surface area (Å²) in [5.74, 6) is -0.589. The molecule has 2 aliphatic heterocycles. The highest BCUT2D eigenvalue weighted by Crippen LogP contribution is 2.39. The zero-order valence-corrected chi connectivity index (χ0v) is 14.5. The molecule has 1 saturated heterocycles. The Kier molecular flexibility index (Phi) is 5.13. The molecule has 0 saturated carbocycles. The maximum atomic E-state index is 12.7. The fourth-order valence-corrected chi connectivity index (χ4v) is 3.63. The molecule has 7 nitrogen and oxygen atoms in total. The van der Waals surface area contributed by atoms with E-state index in [0.717, 1.165) is 12.0 Å². The van der Waals surface area contributed by atoms with Crippen LogP contribution in [0.5, 0.6) is 5.75 Å². The number of urea groups is 1. The fraction of sp³-hybridized carbons (Fsp3) is 0.556. The number of ether oxygens (including phenoxy) is 2. The number of benzene rings is 1. The van der Waals surface area contributed by atoms with Gasteiger partial charge >= 0.3 is 12.0 Å². The van der Waals surface area contributed by atoms with E-state index in [0.29, 0.717) is 31.0 Å². The van der Waals surface area contributed by atoms with Gasteiger partial charge in [-0.25, -0.2) is 4.79 Å². The van der Waals surface area contributed by atoms with Crippen molar-refractivity contribution >= 4 is 17.7 Å². The van der Waals surface area contributed by atoms with Crippen LogP contribution in [0, 0.1) is 11.8 Å². The third kappa shape index (κ3) is 3.71. The van der Waals surface area contributed by atoms with Crippen LogP contribution < -0.4 is 10.1 Å². The number of anilines is 1. The molecule has 3 unspecified atom stereocenters. The Labute approximate surface area is 146 Å². The van der Waals surface area contributed by atoms with Crippen molar-refractivity contribution in [3.63, 3.8) is 0 Å². The summed E-state index contributed by atoms with van der Waals surface area (Å²) in [6.45, 7) is 3.26. The van der Waals surface area contributed by atoms with E-state index in [4.69, 9.17) is 9.47 Å². The molecule has 0 bridgehead atoms. The molecule has 2 heterocycles. The molecule has 1 aromatic rings. The first-order valence-electron chi connectivity index (χ1n) is 8.56. The monoisotopic (exact) mass is 348 g/mol. The Balaban J connectivity index is 1.76. The van der Waals surface area contributed by atoms with Gasteiger partial charge in [0.15, 0.2) is 0 Å². The molecule has 0 aromatic heterocycles. The van der Waals surface area contributed by atoms with Crippen LogP contribution in [0.4, 0.5) is 10.5 Å². The van der Waals surface area contributed by atoms with Crippen molar-refractivity contribution < 1.29 is 24.2 Å². The van der Waals surface area contributed by atoms with Crippen molar-refractivity contribution in [3.8, 4) is 5.75 Å². The standard InChI is InChI=1S/C18H24N2O5/c1-11-8-12(17(21)22)10-20(9-11)18(23)19-14-5-3-4-13-15(24-2)6-7-25-16(13)14/h3-5,11-12,15H,6-10H2,1-2H3,(H,19,23)(H,21,22). The third-order valence-electron chi connectivity index (χ3n) is 4.84. The first-order chi connectivity index (χ1) is 12.0. The van der Waals surface area contributed by atoms with E-state index in [1.807, 2.05) is 19.1 Å². The van der Waals surface area contributed by atoms with Crippen LogP contribution in [-0.2, 0) is 9.53 Å². The normalized spacial score (nSPS) is 25.7. The van der Waals surface area contributed by atoms with Crippen LogP contribution >= 0.6 is 0 Å². The van der Waals surface area contributed by atoms with Crippen LogP contribution in [0.15, 0.2) is 18.2 Å². The molecule has 2 N–H and O–H groups in total. The molecule has 0 aliphatic carbocycles. The summed E-state index contributed by atoms with van der Waals surface area (Å²) in [4.78, 5) is 25.5. The number of methoxy groups -OCH3 is 1. The number of carboxylic acids is 1. The molecule has 2 aliphatic rings. The topological polar surface area (TPSA) is 88.1 Å². The number of nitrogens with zero attached hydrogens (tertiary/aromatic N) is 1. The summed E-state index contributed by atoms with van der Waals surface area (Å²) < 4.78 is 11.2. The first kappa shape index (κ1) is 17.5. The van der Waals surface area contributed by atoms with E-state index in [9.17, 15) is 14.7 Å². The number of hydrogen-bond acceptors (Lipinski definition) is 4. The minimum absolute atomic E-state index is 0.0491. The van der Waals surface area contributed by atoms with Gasteiger partial charge in [0.05, 0.1) is 24.3 Å². The Morgan fingerprint density at radius 2 is 2.16 bits per heavy atom. The predicted molar refractivity (Wildman–Crippen MR) is 91.8 cm³/mol. The summed E-state index contributed by atoms with van der Waals surface area (Å²) >= 11 is 0. The van der Waals surface area contributed by atoms with Gasteiger partial charge in [0.1, 0.15) is 5.75 Å². The quantitative estimate of drug-likeness (QED) is 0.877. The molecular formula is C18H24N2O5. The Morgan fingerprint density at radius 1 is 1.36 bits per heavy atom. The summed E-state index contributed by atoms with van der Waals surface area (Å²) in [6, 6.07) is 5.28. The number of piperidine rings is 1. The lowest BCUT2D eigenvalue weighted by Gasteiger charge is -2.35. The van der Waals surface area contributed by atoms with Crippen LogP contribution in [0.25, 0.3) is 0 Å². The SMILES string of the molecule is COC1CCOc2c(NC(=O)N3CC(C)CC(C(=O)O)C3)cccc21. The highest BCUT2D eigenvalue weighted by Gasteiger charge is 2.32. The third-order valence-corrected chi connectivity index (χ3v) is 4.84. The molecule has 1 fully saturated rings. The van der Waals surface area contributed by atoms with Crippen LogP contribution in [-0.4, -0.2) is 48.8 Å². The van der Waals surface area contributed by atoms with Crippen molar-refractivity contribution in [1.82, 2.24) is 4.90 Å². The van der Waals surface area contributed by atoms with Gasteiger partial charge < -0.3 is 24.8 Å². The van der Waals surface area contributed by atoms with Gasteiger partial charge in [0.2, 0.25) is 0 Å². The van der Waals surface area contributed by atoms with E-state index in [1.54, 1.807) is 18.1 Å². The van der Waals surface area contributed by atoms with Crippen LogP contribution in [0.2, 0.25) is 0 Å². The first-order valence-corrected chi connectivity index (χ1v) is 8.56. The second-order valence-corrected chi connectivity index (χ2v) is 6.80. The zero-order valence-electron chi connectivity index (χ0n) is 14.5. The average molecular weight is 348 g/mol. The lowest BCUT2D eigenvalue weighted by molar-refractivity contribution is -0.143. The second-order valence-electron chi connectivity index (χ2n) is 6.80. The predicted octanol–water partition coefficient (Wildman–Crippen LogP) is 2.73. The number of hydrogen-bond donors (Lipinski definition) is 2. The van der Waals surface area contributed by atoms with Gasteiger partial charge in [-0.1, -0.05) is 19.1 Å². The fourth-order valence-electron chi connectivity index (χ4n) is 3.63. The largest absolute Gasteiger partial charge is 0.491 e. The number of carbonyl (C=O) groups is 2. The van der Waals surface area contributed by atoms with E-state index >= 15 is 0 Å². The lowest BCUT2D eigenvalue weighted by atomic mass is 9.91.